The lowest BCUT2D eigenvalue weighted by Crippen LogP contribution is -2.08. The second kappa shape index (κ2) is 11.1. The first-order valence-electron chi connectivity index (χ1n) is 7.79. The Morgan fingerprint density at radius 2 is 1.59 bits per heavy atom. The van der Waals surface area contributed by atoms with Crippen LogP contribution in [-0.4, -0.2) is 20.2 Å². The second-order valence-corrected chi connectivity index (χ2v) is 5.28. The van der Waals surface area contributed by atoms with Gasteiger partial charge in [-0.05, 0) is 50.0 Å². The average molecular weight is 320 g/mol. The number of hydrogen-bond acceptors (Lipinski definition) is 2. The van der Waals surface area contributed by atoms with Crippen LogP contribution in [0, 0.1) is 0 Å². The number of nitrogens with one attached hydrogen (secondary N) is 1. The van der Waals surface area contributed by atoms with Gasteiger partial charge in [0.1, 0.15) is 5.75 Å². The van der Waals surface area contributed by atoms with Gasteiger partial charge in [-0.25, -0.2) is 0 Å². The van der Waals surface area contributed by atoms with Crippen LogP contribution in [0.25, 0.3) is 0 Å². The Morgan fingerprint density at radius 3 is 2.36 bits per heavy atom. The van der Waals surface area contributed by atoms with Gasteiger partial charge >= 0.3 is 0 Å². The van der Waals surface area contributed by atoms with E-state index < -0.39 is 0 Å². The van der Waals surface area contributed by atoms with Crippen molar-refractivity contribution in [3.63, 3.8) is 0 Å². The van der Waals surface area contributed by atoms with Gasteiger partial charge in [-0.15, -0.1) is 12.4 Å². The normalized spacial score (nSPS) is 10.0. The molecule has 120 valence electrons. The molecule has 0 aliphatic heterocycles. The van der Waals surface area contributed by atoms with E-state index in [0.717, 1.165) is 31.7 Å². The van der Waals surface area contributed by atoms with Crippen LogP contribution < -0.4 is 10.1 Å². The molecule has 2 rings (SSSR count). The largest absolute Gasteiger partial charge is 0.493 e. The maximum Gasteiger partial charge on any atom is 0.122 e. The van der Waals surface area contributed by atoms with E-state index in [2.05, 4.69) is 53.8 Å². The van der Waals surface area contributed by atoms with Crippen molar-refractivity contribution in [3.05, 3.63) is 65.7 Å². The fourth-order valence-electron chi connectivity index (χ4n) is 2.37. The minimum absolute atomic E-state index is 0. The third-order valence-electron chi connectivity index (χ3n) is 3.54. The van der Waals surface area contributed by atoms with E-state index in [1.54, 1.807) is 0 Å². The number of unbranched alkanes of at least 4 members (excludes halogenated alkanes) is 2. The highest BCUT2D eigenvalue weighted by molar-refractivity contribution is 5.85. The van der Waals surface area contributed by atoms with E-state index in [4.69, 9.17) is 4.74 Å². The molecular weight excluding hydrogens is 294 g/mol. The molecule has 2 aromatic carbocycles. The highest BCUT2D eigenvalue weighted by atomic mass is 35.5. The first-order valence-corrected chi connectivity index (χ1v) is 7.79. The average Bonchev–Trinajstić information content (AvgIpc) is 2.53. The Morgan fingerprint density at radius 1 is 0.864 bits per heavy atom. The molecule has 0 bridgehead atoms. The first kappa shape index (κ1) is 18.5. The SMILES string of the molecule is CNCCCCCOc1ccccc1Cc1ccccc1.Cl. The second-order valence-electron chi connectivity index (χ2n) is 5.28. The lowest BCUT2D eigenvalue weighted by Gasteiger charge is -2.11. The Labute approximate surface area is 140 Å². The van der Waals surface area contributed by atoms with Gasteiger partial charge in [0.25, 0.3) is 0 Å². The molecule has 0 atom stereocenters. The van der Waals surface area contributed by atoms with E-state index in [1.807, 2.05) is 13.1 Å². The Kier molecular flexibility index (Phi) is 9.36. The number of benzene rings is 2. The number of halogens is 1. The van der Waals surface area contributed by atoms with Crippen molar-refractivity contribution < 1.29 is 4.74 Å². The van der Waals surface area contributed by atoms with E-state index >= 15 is 0 Å². The Bertz CT molecular complexity index is 516. The maximum atomic E-state index is 5.97. The molecule has 0 spiro atoms. The van der Waals surface area contributed by atoms with E-state index in [1.165, 1.54) is 24.0 Å². The molecule has 0 fully saturated rings. The standard InChI is InChI=1S/C19H25NO.ClH/c1-20-14-8-3-9-15-21-19-13-7-6-12-18(19)16-17-10-4-2-5-11-17;/h2,4-7,10-13,20H,3,8-9,14-16H2,1H3;1H. The minimum Gasteiger partial charge on any atom is -0.493 e. The number of para-hydroxylation sites is 1. The van der Waals surface area contributed by atoms with Gasteiger partial charge < -0.3 is 10.1 Å². The van der Waals surface area contributed by atoms with E-state index in [0.29, 0.717) is 0 Å². The number of hydrogen-bond donors (Lipinski definition) is 1. The predicted octanol–water partition coefficient (Wildman–Crippen LogP) is 4.47. The molecule has 0 saturated heterocycles. The third kappa shape index (κ3) is 6.50. The molecule has 22 heavy (non-hydrogen) atoms. The fourth-order valence-corrected chi connectivity index (χ4v) is 2.37. The highest BCUT2D eigenvalue weighted by Crippen LogP contribution is 2.21. The fraction of sp³-hybridized carbons (Fsp3) is 0.368. The highest BCUT2D eigenvalue weighted by Gasteiger charge is 2.04. The van der Waals surface area contributed by atoms with Crippen LogP contribution in [0.3, 0.4) is 0 Å². The smallest absolute Gasteiger partial charge is 0.122 e. The van der Waals surface area contributed by atoms with Gasteiger partial charge in [0.15, 0.2) is 0 Å². The van der Waals surface area contributed by atoms with E-state index in [-0.39, 0.29) is 12.4 Å². The summed E-state index contributed by atoms with van der Waals surface area (Å²) in [5.74, 6) is 1.02. The van der Waals surface area contributed by atoms with Gasteiger partial charge in [-0.2, -0.15) is 0 Å². The van der Waals surface area contributed by atoms with Gasteiger partial charge in [0.05, 0.1) is 6.61 Å². The summed E-state index contributed by atoms with van der Waals surface area (Å²) in [5, 5.41) is 3.17. The van der Waals surface area contributed by atoms with E-state index in [9.17, 15) is 0 Å². The zero-order chi connectivity index (χ0) is 14.8. The van der Waals surface area contributed by atoms with Crippen molar-refractivity contribution >= 4 is 12.4 Å². The summed E-state index contributed by atoms with van der Waals surface area (Å²) in [4.78, 5) is 0. The predicted molar refractivity (Wildman–Crippen MR) is 96.2 cm³/mol. The zero-order valence-electron chi connectivity index (χ0n) is 13.3. The van der Waals surface area contributed by atoms with Crippen molar-refractivity contribution in [2.45, 2.75) is 25.7 Å². The molecule has 0 heterocycles. The van der Waals surface area contributed by atoms with Crippen molar-refractivity contribution in [3.8, 4) is 5.75 Å². The van der Waals surface area contributed by atoms with Crippen molar-refractivity contribution in [1.82, 2.24) is 5.32 Å². The lowest BCUT2D eigenvalue weighted by atomic mass is 10.0. The molecule has 0 aliphatic rings. The third-order valence-corrected chi connectivity index (χ3v) is 3.54. The summed E-state index contributed by atoms with van der Waals surface area (Å²) < 4.78 is 5.97. The Balaban J connectivity index is 0.00000242. The number of ether oxygens (including phenoxy) is 1. The van der Waals surface area contributed by atoms with Crippen molar-refractivity contribution in [2.75, 3.05) is 20.2 Å². The quantitative estimate of drug-likeness (QED) is 0.689. The maximum absolute atomic E-state index is 5.97. The summed E-state index contributed by atoms with van der Waals surface area (Å²) in [5.41, 5.74) is 2.58. The molecule has 0 radical (unpaired) electrons. The van der Waals surface area contributed by atoms with Gasteiger partial charge in [0.2, 0.25) is 0 Å². The molecule has 0 aliphatic carbocycles. The Hall–Kier alpha value is -1.51. The molecule has 0 amide bonds. The van der Waals surface area contributed by atoms with Crippen LogP contribution in [0.2, 0.25) is 0 Å². The number of rotatable bonds is 9. The first-order chi connectivity index (χ1) is 10.4. The molecule has 3 heteroatoms. The van der Waals surface area contributed by atoms with Gasteiger partial charge in [0, 0.05) is 6.42 Å². The summed E-state index contributed by atoms with van der Waals surface area (Å²) in [6.45, 7) is 1.89. The van der Waals surface area contributed by atoms with Crippen LogP contribution in [0.4, 0.5) is 0 Å². The van der Waals surface area contributed by atoms with Crippen molar-refractivity contribution in [1.29, 1.82) is 0 Å². The molecule has 1 N–H and O–H groups in total. The lowest BCUT2D eigenvalue weighted by molar-refractivity contribution is 0.302. The van der Waals surface area contributed by atoms with Crippen LogP contribution in [0.5, 0.6) is 5.75 Å². The molecule has 2 aromatic rings. The molecule has 0 unspecified atom stereocenters. The molecular formula is C19H26ClNO. The summed E-state index contributed by atoms with van der Waals surface area (Å²) in [6, 6.07) is 18.9. The molecule has 0 aromatic heterocycles. The van der Waals surface area contributed by atoms with Crippen LogP contribution >= 0.6 is 12.4 Å². The summed E-state index contributed by atoms with van der Waals surface area (Å²) in [7, 11) is 2.00. The van der Waals surface area contributed by atoms with Crippen molar-refractivity contribution in [2.24, 2.45) is 0 Å². The monoisotopic (exact) mass is 319 g/mol. The zero-order valence-corrected chi connectivity index (χ0v) is 14.1. The van der Waals surface area contributed by atoms with Gasteiger partial charge in [-0.1, -0.05) is 48.5 Å². The van der Waals surface area contributed by atoms with Crippen LogP contribution in [0.15, 0.2) is 54.6 Å². The summed E-state index contributed by atoms with van der Waals surface area (Å²) in [6.07, 6.45) is 4.46. The summed E-state index contributed by atoms with van der Waals surface area (Å²) >= 11 is 0. The topological polar surface area (TPSA) is 21.3 Å². The molecule has 2 nitrogen and oxygen atoms in total. The van der Waals surface area contributed by atoms with Gasteiger partial charge in [-0.3, -0.25) is 0 Å². The van der Waals surface area contributed by atoms with Crippen LogP contribution in [0.1, 0.15) is 30.4 Å². The van der Waals surface area contributed by atoms with Crippen LogP contribution in [-0.2, 0) is 6.42 Å². The molecule has 0 saturated carbocycles. The minimum atomic E-state index is 0.